The molecule has 0 saturated carbocycles. The van der Waals surface area contributed by atoms with Crippen molar-refractivity contribution in [1.82, 2.24) is 25.1 Å². The Kier molecular flexibility index (Phi) is 4.82. The first kappa shape index (κ1) is 16.9. The van der Waals surface area contributed by atoms with E-state index in [1.54, 1.807) is 18.2 Å². The molecule has 3 rings (SSSR count). The monoisotopic (exact) mass is 349 g/mol. The van der Waals surface area contributed by atoms with E-state index in [1.165, 1.54) is 11.0 Å². The minimum absolute atomic E-state index is 0.0511. The summed E-state index contributed by atoms with van der Waals surface area (Å²) in [6, 6.07) is 5.15. The van der Waals surface area contributed by atoms with Gasteiger partial charge in [-0.15, -0.1) is 5.10 Å². The van der Waals surface area contributed by atoms with Gasteiger partial charge >= 0.3 is 0 Å². The fraction of sp³-hybridized carbons (Fsp3) is 0.500. The van der Waals surface area contributed by atoms with Crippen molar-refractivity contribution in [2.75, 3.05) is 19.7 Å². The van der Waals surface area contributed by atoms with E-state index >= 15 is 0 Å². The van der Waals surface area contributed by atoms with Gasteiger partial charge in [0, 0.05) is 19.7 Å². The maximum atomic E-state index is 12.7. The van der Waals surface area contributed by atoms with E-state index in [1.807, 2.05) is 4.90 Å². The first-order valence-electron chi connectivity index (χ1n) is 8.01. The highest BCUT2D eigenvalue weighted by atomic mass is 35.5. The third-order valence-corrected chi connectivity index (χ3v) is 5.31. The average Bonchev–Trinajstić information content (AvgIpc) is 3.16. The van der Waals surface area contributed by atoms with Gasteiger partial charge in [0.05, 0.1) is 16.3 Å². The smallest absolute Gasteiger partial charge is 0.255 e. The number of benzene rings is 1. The van der Waals surface area contributed by atoms with Crippen LogP contribution in [-0.2, 0) is 0 Å². The third kappa shape index (κ3) is 3.14. The van der Waals surface area contributed by atoms with E-state index in [2.05, 4.69) is 22.4 Å². The number of rotatable bonds is 4. The summed E-state index contributed by atoms with van der Waals surface area (Å²) in [5.41, 5.74) is 1.12. The lowest BCUT2D eigenvalue weighted by molar-refractivity contribution is 0.0338. The quantitative estimate of drug-likeness (QED) is 0.911. The third-order valence-electron chi connectivity index (χ3n) is 4.99. The first-order chi connectivity index (χ1) is 11.6. The van der Waals surface area contributed by atoms with Crippen LogP contribution < -0.4 is 0 Å². The van der Waals surface area contributed by atoms with Gasteiger partial charge in [0.25, 0.3) is 5.91 Å². The van der Waals surface area contributed by atoms with Gasteiger partial charge in [0.15, 0.2) is 0 Å². The number of likely N-dealkylation sites (tertiary alicyclic amines) is 1. The van der Waals surface area contributed by atoms with Crippen molar-refractivity contribution >= 4 is 17.5 Å². The summed E-state index contributed by atoms with van der Waals surface area (Å²) in [6.45, 7) is 3.53. The Morgan fingerprint density at radius 3 is 2.67 bits per heavy atom. The van der Waals surface area contributed by atoms with Crippen LogP contribution >= 0.6 is 11.6 Å². The number of aromatic nitrogens is 4. The maximum Gasteiger partial charge on any atom is 0.255 e. The normalized spacial score (nSPS) is 17.0. The van der Waals surface area contributed by atoms with Crippen molar-refractivity contribution < 1.29 is 9.90 Å². The molecule has 0 aliphatic carbocycles. The summed E-state index contributed by atoms with van der Waals surface area (Å²) in [4.78, 5) is 14.5. The number of piperidine rings is 1. The van der Waals surface area contributed by atoms with Gasteiger partial charge in [0.1, 0.15) is 6.33 Å². The van der Waals surface area contributed by atoms with Crippen LogP contribution in [0.3, 0.4) is 0 Å². The molecule has 0 radical (unpaired) electrons. The molecule has 1 fully saturated rings. The predicted molar refractivity (Wildman–Crippen MR) is 89.1 cm³/mol. The molecule has 0 unspecified atom stereocenters. The lowest BCUT2D eigenvalue weighted by Gasteiger charge is -2.40. The number of carbonyl (C=O) groups is 1. The molecule has 1 N–H and O–H groups in total. The largest absolute Gasteiger partial charge is 0.396 e. The molecule has 2 aromatic rings. The zero-order valence-corrected chi connectivity index (χ0v) is 14.3. The fourth-order valence-corrected chi connectivity index (χ4v) is 3.33. The van der Waals surface area contributed by atoms with E-state index in [-0.39, 0.29) is 17.9 Å². The Labute approximate surface area is 145 Å². The predicted octanol–water partition coefficient (Wildman–Crippen LogP) is 1.94. The Morgan fingerprint density at radius 1 is 1.38 bits per heavy atom. The molecule has 24 heavy (non-hydrogen) atoms. The van der Waals surface area contributed by atoms with Crippen LogP contribution in [-0.4, -0.2) is 55.8 Å². The van der Waals surface area contributed by atoms with Crippen LogP contribution in [0.2, 0.25) is 5.02 Å². The highest BCUT2D eigenvalue weighted by Crippen LogP contribution is 2.35. The molecule has 1 amide bonds. The molecule has 2 heterocycles. The minimum atomic E-state index is -0.0779. The topological polar surface area (TPSA) is 84.1 Å². The van der Waals surface area contributed by atoms with Crippen molar-refractivity contribution in [3.05, 3.63) is 35.1 Å². The number of halogens is 1. The van der Waals surface area contributed by atoms with Gasteiger partial charge in [-0.25, -0.2) is 4.68 Å². The highest BCUT2D eigenvalue weighted by Gasteiger charge is 2.34. The molecule has 0 bridgehead atoms. The van der Waals surface area contributed by atoms with Gasteiger partial charge in [-0.3, -0.25) is 4.79 Å². The molecule has 0 atom stereocenters. The van der Waals surface area contributed by atoms with Crippen molar-refractivity contribution in [2.24, 2.45) is 5.41 Å². The first-order valence-corrected chi connectivity index (χ1v) is 8.39. The summed E-state index contributed by atoms with van der Waals surface area (Å²) >= 11 is 6.30. The van der Waals surface area contributed by atoms with E-state index in [4.69, 9.17) is 11.6 Å². The molecule has 1 aliphatic rings. The summed E-state index contributed by atoms with van der Waals surface area (Å²) in [5, 5.41) is 21.0. The second kappa shape index (κ2) is 6.86. The second-order valence-electron chi connectivity index (χ2n) is 6.22. The standard InChI is InChI=1S/C16H20ClN5O2/c1-2-16(10-23)5-7-21(8-6-16)15(24)13-4-3-12(9-14(13)17)22-11-18-19-20-22/h3-4,9,11,23H,2,5-8,10H2,1H3. The summed E-state index contributed by atoms with van der Waals surface area (Å²) in [7, 11) is 0. The Balaban J connectivity index is 1.74. The van der Waals surface area contributed by atoms with Crippen LogP contribution in [0.5, 0.6) is 0 Å². The number of aliphatic hydroxyl groups excluding tert-OH is 1. The Hall–Kier alpha value is -1.99. The summed E-state index contributed by atoms with van der Waals surface area (Å²) in [5.74, 6) is -0.0779. The number of carbonyl (C=O) groups excluding carboxylic acids is 1. The van der Waals surface area contributed by atoms with Crippen molar-refractivity contribution in [3.8, 4) is 5.69 Å². The molecule has 128 valence electrons. The molecule has 1 aromatic carbocycles. The van der Waals surface area contributed by atoms with Gasteiger partial charge in [-0.2, -0.15) is 0 Å². The Morgan fingerprint density at radius 2 is 2.12 bits per heavy atom. The van der Waals surface area contributed by atoms with Crippen molar-refractivity contribution in [1.29, 1.82) is 0 Å². The van der Waals surface area contributed by atoms with E-state index in [0.717, 1.165) is 19.3 Å². The zero-order chi connectivity index (χ0) is 17.2. The van der Waals surface area contributed by atoms with Gasteiger partial charge in [-0.1, -0.05) is 18.5 Å². The molecule has 1 saturated heterocycles. The van der Waals surface area contributed by atoms with Gasteiger partial charge in [-0.05, 0) is 53.3 Å². The van der Waals surface area contributed by atoms with Crippen LogP contribution in [0.25, 0.3) is 5.69 Å². The van der Waals surface area contributed by atoms with Gasteiger partial charge in [0.2, 0.25) is 0 Å². The Bertz CT molecular complexity index is 705. The second-order valence-corrected chi connectivity index (χ2v) is 6.63. The number of nitrogens with zero attached hydrogens (tertiary/aromatic N) is 5. The van der Waals surface area contributed by atoms with Crippen LogP contribution in [0.4, 0.5) is 0 Å². The van der Waals surface area contributed by atoms with E-state index in [0.29, 0.717) is 29.4 Å². The average molecular weight is 350 g/mol. The molecule has 0 spiro atoms. The van der Waals surface area contributed by atoms with Crippen LogP contribution in [0.1, 0.15) is 36.5 Å². The molecule has 1 aromatic heterocycles. The van der Waals surface area contributed by atoms with Crippen molar-refractivity contribution in [2.45, 2.75) is 26.2 Å². The van der Waals surface area contributed by atoms with Crippen LogP contribution in [0.15, 0.2) is 24.5 Å². The zero-order valence-electron chi connectivity index (χ0n) is 13.5. The number of amides is 1. The van der Waals surface area contributed by atoms with E-state index < -0.39 is 0 Å². The molecular formula is C16H20ClN5O2. The summed E-state index contributed by atoms with van der Waals surface area (Å²) in [6.07, 6.45) is 4.02. The lowest BCUT2D eigenvalue weighted by atomic mass is 9.77. The molecule has 1 aliphatic heterocycles. The lowest BCUT2D eigenvalue weighted by Crippen LogP contribution is -2.44. The van der Waals surface area contributed by atoms with Gasteiger partial charge < -0.3 is 10.0 Å². The molecular weight excluding hydrogens is 330 g/mol. The minimum Gasteiger partial charge on any atom is -0.396 e. The number of aliphatic hydroxyl groups is 1. The van der Waals surface area contributed by atoms with Crippen molar-refractivity contribution in [3.63, 3.8) is 0 Å². The van der Waals surface area contributed by atoms with E-state index in [9.17, 15) is 9.90 Å². The SMILES string of the molecule is CCC1(CO)CCN(C(=O)c2ccc(-n3cnnn3)cc2Cl)CC1. The molecule has 7 nitrogen and oxygen atoms in total. The number of hydrogen-bond donors (Lipinski definition) is 1. The van der Waals surface area contributed by atoms with Crippen LogP contribution in [0, 0.1) is 5.41 Å². The highest BCUT2D eigenvalue weighted by molar-refractivity contribution is 6.34. The number of hydrogen-bond acceptors (Lipinski definition) is 5. The number of tetrazole rings is 1. The molecule has 8 heteroatoms. The maximum absolute atomic E-state index is 12.7. The fourth-order valence-electron chi connectivity index (χ4n) is 3.08. The summed E-state index contributed by atoms with van der Waals surface area (Å²) < 4.78 is 1.48.